The van der Waals surface area contributed by atoms with E-state index in [9.17, 15) is 0 Å². The Hall–Kier alpha value is -0.490. The maximum absolute atomic E-state index is 5.88. The highest BCUT2D eigenvalue weighted by Gasteiger charge is 2.26. The van der Waals surface area contributed by atoms with Gasteiger partial charge in [-0.1, -0.05) is 6.92 Å². The summed E-state index contributed by atoms with van der Waals surface area (Å²) in [4.78, 5) is 6.70. The fourth-order valence-electron chi connectivity index (χ4n) is 2.19. The summed E-state index contributed by atoms with van der Waals surface area (Å²) in [5.74, 6) is 0. The second kappa shape index (κ2) is 6.44. The number of thiazole rings is 1. The molecule has 1 fully saturated rings. The molecule has 17 heavy (non-hydrogen) atoms. The molecule has 2 rings (SSSR count). The van der Waals surface area contributed by atoms with Crippen molar-refractivity contribution in [2.45, 2.75) is 25.5 Å². The minimum atomic E-state index is 0.276. The van der Waals surface area contributed by atoms with Crippen LogP contribution in [0.25, 0.3) is 0 Å². The summed E-state index contributed by atoms with van der Waals surface area (Å²) in [5, 5.41) is 6.75. The SMILES string of the molecule is CCNC(Cc1nccs1)C1CN(C)CCO1. The fourth-order valence-corrected chi connectivity index (χ4v) is 2.87. The predicted octanol–water partition coefficient (Wildman–Crippen LogP) is 0.994. The van der Waals surface area contributed by atoms with Gasteiger partial charge in [0.1, 0.15) is 0 Å². The molecule has 5 heteroatoms. The molecule has 1 aliphatic heterocycles. The summed E-state index contributed by atoms with van der Waals surface area (Å²) < 4.78 is 5.88. The quantitative estimate of drug-likeness (QED) is 0.851. The van der Waals surface area contributed by atoms with E-state index in [0.717, 1.165) is 32.7 Å². The molecule has 1 N–H and O–H groups in total. The maximum atomic E-state index is 5.88. The highest BCUT2D eigenvalue weighted by molar-refractivity contribution is 7.09. The van der Waals surface area contributed by atoms with Gasteiger partial charge in [-0.15, -0.1) is 11.3 Å². The Morgan fingerprint density at radius 2 is 2.59 bits per heavy atom. The van der Waals surface area contributed by atoms with Crippen molar-refractivity contribution in [3.05, 3.63) is 16.6 Å². The van der Waals surface area contributed by atoms with Gasteiger partial charge in [-0.25, -0.2) is 4.98 Å². The van der Waals surface area contributed by atoms with Crippen molar-refractivity contribution >= 4 is 11.3 Å². The highest BCUT2D eigenvalue weighted by Crippen LogP contribution is 2.14. The van der Waals surface area contributed by atoms with Gasteiger partial charge in [0.2, 0.25) is 0 Å². The van der Waals surface area contributed by atoms with Crippen molar-refractivity contribution in [1.29, 1.82) is 0 Å². The number of morpholine rings is 1. The van der Waals surface area contributed by atoms with E-state index >= 15 is 0 Å². The predicted molar refractivity (Wildman–Crippen MR) is 70.5 cm³/mol. The van der Waals surface area contributed by atoms with Crippen molar-refractivity contribution in [1.82, 2.24) is 15.2 Å². The van der Waals surface area contributed by atoms with E-state index in [2.05, 4.69) is 29.2 Å². The number of aromatic nitrogens is 1. The molecular weight excluding hydrogens is 234 g/mol. The molecule has 1 aliphatic rings. The normalized spacial score (nSPS) is 23.8. The van der Waals surface area contributed by atoms with Crippen molar-refractivity contribution < 1.29 is 4.74 Å². The molecule has 4 nitrogen and oxygen atoms in total. The van der Waals surface area contributed by atoms with Crippen LogP contribution in [0.5, 0.6) is 0 Å². The largest absolute Gasteiger partial charge is 0.374 e. The van der Waals surface area contributed by atoms with Gasteiger partial charge < -0.3 is 15.0 Å². The van der Waals surface area contributed by atoms with Crippen LogP contribution in [-0.2, 0) is 11.2 Å². The number of nitrogens with one attached hydrogen (secondary N) is 1. The van der Waals surface area contributed by atoms with E-state index < -0.39 is 0 Å². The van der Waals surface area contributed by atoms with Crippen LogP contribution in [0.15, 0.2) is 11.6 Å². The van der Waals surface area contributed by atoms with Gasteiger partial charge in [0.05, 0.1) is 17.7 Å². The monoisotopic (exact) mass is 255 g/mol. The molecule has 2 heterocycles. The second-order valence-electron chi connectivity index (χ2n) is 4.47. The van der Waals surface area contributed by atoms with Gasteiger partial charge in [0.15, 0.2) is 0 Å². The molecule has 0 aromatic carbocycles. The Balaban J connectivity index is 1.95. The van der Waals surface area contributed by atoms with E-state index in [0.29, 0.717) is 6.04 Å². The zero-order valence-corrected chi connectivity index (χ0v) is 11.4. The Morgan fingerprint density at radius 1 is 1.71 bits per heavy atom. The lowest BCUT2D eigenvalue weighted by Crippen LogP contribution is -2.52. The molecule has 0 amide bonds. The first-order chi connectivity index (χ1) is 8.29. The minimum Gasteiger partial charge on any atom is -0.374 e. The van der Waals surface area contributed by atoms with Gasteiger partial charge in [-0.2, -0.15) is 0 Å². The number of hydrogen-bond acceptors (Lipinski definition) is 5. The van der Waals surface area contributed by atoms with Gasteiger partial charge in [-0.3, -0.25) is 0 Å². The van der Waals surface area contributed by atoms with Gasteiger partial charge in [-0.05, 0) is 13.6 Å². The molecular formula is C12H21N3OS. The number of ether oxygens (including phenoxy) is 1. The van der Waals surface area contributed by atoms with Crippen LogP contribution >= 0.6 is 11.3 Å². The van der Waals surface area contributed by atoms with Gasteiger partial charge in [0.25, 0.3) is 0 Å². The topological polar surface area (TPSA) is 37.4 Å². The molecule has 0 saturated carbocycles. The zero-order valence-electron chi connectivity index (χ0n) is 10.6. The lowest BCUT2D eigenvalue weighted by Gasteiger charge is -2.35. The average molecular weight is 255 g/mol. The fraction of sp³-hybridized carbons (Fsp3) is 0.750. The minimum absolute atomic E-state index is 0.276. The van der Waals surface area contributed by atoms with Crippen LogP contribution < -0.4 is 5.32 Å². The molecule has 0 radical (unpaired) electrons. The van der Waals surface area contributed by atoms with Gasteiger partial charge >= 0.3 is 0 Å². The summed E-state index contributed by atoms with van der Waals surface area (Å²) >= 11 is 1.72. The van der Waals surface area contributed by atoms with E-state index in [1.165, 1.54) is 5.01 Å². The molecule has 0 bridgehead atoms. The summed E-state index contributed by atoms with van der Waals surface area (Å²) in [6.07, 6.45) is 3.11. The highest BCUT2D eigenvalue weighted by atomic mass is 32.1. The van der Waals surface area contributed by atoms with Gasteiger partial charge in [0, 0.05) is 37.1 Å². The van der Waals surface area contributed by atoms with Crippen molar-refractivity contribution in [3.8, 4) is 0 Å². The van der Waals surface area contributed by atoms with E-state index in [-0.39, 0.29) is 6.10 Å². The van der Waals surface area contributed by atoms with E-state index in [4.69, 9.17) is 4.74 Å². The van der Waals surface area contributed by atoms with E-state index in [1.54, 1.807) is 11.3 Å². The first-order valence-corrected chi connectivity index (χ1v) is 7.09. The lowest BCUT2D eigenvalue weighted by atomic mass is 10.1. The van der Waals surface area contributed by atoms with E-state index in [1.807, 2.05) is 11.6 Å². The second-order valence-corrected chi connectivity index (χ2v) is 5.44. The molecule has 1 aromatic heterocycles. The van der Waals surface area contributed by atoms with Crippen LogP contribution in [-0.4, -0.2) is 55.3 Å². The van der Waals surface area contributed by atoms with Crippen LogP contribution in [0, 0.1) is 0 Å². The molecule has 2 atom stereocenters. The molecule has 0 aliphatic carbocycles. The third-order valence-corrected chi connectivity index (χ3v) is 3.89. The Bertz CT molecular complexity index is 318. The number of rotatable bonds is 5. The standard InChI is InChI=1S/C12H21N3OS/c1-3-13-10(8-12-14-4-7-17-12)11-9-15(2)5-6-16-11/h4,7,10-11,13H,3,5-6,8-9H2,1-2H3. The first kappa shape index (κ1) is 13.0. The van der Waals surface area contributed by atoms with Crippen molar-refractivity contribution in [2.24, 2.45) is 0 Å². The molecule has 0 spiro atoms. The lowest BCUT2D eigenvalue weighted by molar-refractivity contribution is -0.0381. The molecule has 1 aromatic rings. The van der Waals surface area contributed by atoms with Crippen LogP contribution in [0.4, 0.5) is 0 Å². The zero-order chi connectivity index (χ0) is 12.1. The number of nitrogens with zero attached hydrogens (tertiary/aromatic N) is 2. The maximum Gasteiger partial charge on any atom is 0.0941 e. The average Bonchev–Trinajstić information content (AvgIpc) is 2.81. The molecule has 2 unspecified atom stereocenters. The van der Waals surface area contributed by atoms with Crippen molar-refractivity contribution in [2.75, 3.05) is 33.3 Å². The Labute approximate surface area is 107 Å². The summed E-state index contributed by atoms with van der Waals surface area (Å²) in [6, 6.07) is 0.369. The van der Waals surface area contributed by atoms with Crippen LogP contribution in [0.1, 0.15) is 11.9 Å². The van der Waals surface area contributed by atoms with Crippen molar-refractivity contribution in [3.63, 3.8) is 0 Å². The van der Waals surface area contributed by atoms with Crippen LogP contribution in [0.3, 0.4) is 0 Å². The number of hydrogen-bond donors (Lipinski definition) is 1. The summed E-state index contributed by atoms with van der Waals surface area (Å²) in [5.41, 5.74) is 0. The first-order valence-electron chi connectivity index (χ1n) is 6.21. The smallest absolute Gasteiger partial charge is 0.0941 e. The number of likely N-dealkylation sites (N-methyl/N-ethyl adjacent to an activating group) is 2. The van der Waals surface area contributed by atoms with Crippen LogP contribution in [0.2, 0.25) is 0 Å². The third kappa shape index (κ3) is 3.74. The summed E-state index contributed by atoms with van der Waals surface area (Å²) in [7, 11) is 2.15. The third-order valence-electron chi connectivity index (χ3n) is 3.09. The Kier molecular flexibility index (Phi) is 4.91. The Morgan fingerprint density at radius 3 is 3.24 bits per heavy atom. The molecule has 96 valence electrons. The summed E-state index contributed by atoms with van der Waals surface area (Å²) in [6.45, 7) is 5.98. The molecule has 1 saturated heterocycles.